The van der Waals surface area contributed by atoms with Gasteiger partial charge in [0.05, 0.1) is 18.8 Å². The van der Waals surface area contributed by atoms with Gasteiger partial charge >= 0.3 is 11.8 Å². The van der Waals surface area contributed by atoms with Crippen LogP contribution in [0, 0.1) is 6.92 Å². The van der Waals surface area contributed by atoms with Crippen molar-refractivity contribution < 1.29 is 9.53 Å². The number of carbonyl (C=O) groups excluding carboxylic acids is 1. The fraction of sp³-hybridized carbons (Fsp3) is 0.267. The van der Waals surface area contributed by atoms with Gasteiger partial charge in [0, 0.05) is 11.3 Å². The highest BCUT2D eigenvalue weighted by Crippen LogP contribution is 2.22. The van der Waals surface area contributed by atoms with Gasteiger partial charge in [0.15, 0.2) is 0 Å². The van der Waals surface area contributed by atoms with Crippen molar-refractivity contribution in [3.8, 4) is 0 Å². The Morgan fingerprint density at radius 1 is 1.33 bits per heavy atom. The second-order valence-corrected chi connectivity index (χ2v) is 4.99. The average molecular weight is 285 g/mol. The highest BCUT2D eigenvalue weighted by atomic mass is 16.6. The van der Waals surface area contributed by atoms with Crippen molar-refractivity contribution in [1.29, 1.82) is 0 Å². The molecule has 1 amide bonds. The molecule has 1 aromatic carbocycles. The maximum atomic E-state index is 12.1. The first-order valence-electron chi connectivity index (χ1n) is 6.68. The van der Waals surface area contributed by atoms with Gasteiger partial charge in [0.1, 0.15) is 6.61 Å². The number of ether oxygens (including phenoxy) is 1. The molecule has 21 heavy (non-hydrogen) atoms. The molecule has 0 unspecified atom stereocenters. The molecule has 2 heterocycles. The second-order valence-electron chi connectivity index (χ2n) is 4.99. The third-order valence-corrected chi connectivity index (χ3v) is 3.48. The van der Waals surface area contributed by atoms with Crippen LogP contribution in [-0.4, -0.2) is 21.0 Å². The topological polar surface area (TPSA) is 75.3 Å². The van der Waals surface area contributed by atoms with Crippen molar-refractivity contribution in [2.75, 3.05) is 0 Å². The summed E-state index contributed by atoms with van der Waals surface area (Å²) in [5.41, 5.74) is 2.85. The molecule has 3 rings (SSSR count). The maximum absolute atomic E-state index is 12.1. The molecule has 1 N–H and O–H groups in total. The summed E-state index contributed by atoms with van der Waals surface area (Å²) in [7, 11) is 0. The van der Waals surface area contributed by atoms with E-state index in [4.69, 9.17) is 4.74 Å². The molecule has 0 aliphatic carbocycles. The van der Waals surface area contributed by atoms with Gasteiger partial charge in [0.2, 0.25) is 0 Å². The lowest BCUT2D eigenvalue weighted by atomic mass is 10.2. The highest BCUT2D eigenvalue weighted by Gasteiger charge is 2.27. The third-order valence-electron chi connectivity index (χ3n) is 3.48. The normalized spacial score (nSPS) is 13.1. The number of H-pyrrole nitrogens is 1. The number of benzene rings is 1. The number of fused-ring (bicyclic) bond motifs is 1. The third kappa shape index (κ3) is 2.79. The number of nitrogens with zero attached hydrogens (tertiary/aromatic N) is 2. The van der Waals surface area contributed by atoms with E-state index < -0.39 is 6.09 Å². The first kappa shape index (κ1) is 13.4. The van der Waals surface area contributed by atoms with Crippen molar-refractivity contribution in [3.63, 3.8) is 0 Å². The molecule has 0 saturated carbocycles. The summed E-state index contributed by atoms with van der Waals surface area (Å²) in [5.74, 6) is 0. The van der Waals surface area contributed by atoms with Gasteiger partial charge in [-0.2, -0.15) is 4.98 Å². The lowest BCUT2D eigenvalue weighted by molar-refractivity contribution is 0.0953. The Kier molecular flexibility index (Phi) is 3.43. The predicted octanol–water partition coefficient (Wildman–Crippen LogP) is 1.73. The van der Waals surface area contributed by atoms with E-state index in [1.807, 2.05) is 30.3 Å². The molecular weight excluding hydrogens is 270 g/mol. The van der Waals surface area contributed by atoms with E-state index in [1.54, 1.807) is 11.8 Å². The van der Waals surface area contributed by atoms with Crippen LogP contribution in [0.15, 0.2) is 35.1 Å². The van der Waals surface area contributed by atoms with Crippen LogP contribution < -0.4 is 5.69 Å². The number of aromatic nitrogens is 2. The summed E-state index contributed by atoms with van der Waals surface area (Å²) in [4.78, 5) is 31.5. The predicted molar refractivity (Wildman–Crippen MR) is 75.5 cm³/mol. The first-order chi connectivity index (χ1) is 10.1. The minimum Gasteiger partial charge on any atom is -0.445 e. The summed E-state index contributed by atoms with van der Waals surface area (Å²) in [6.07, 6.45) is -0.399. The average Bonchev–Trinajstić information content (AvgIpc) is 2.90. The maximum Gasteiger partial charge on any atom is 0.410 e. The molecule has 1 aliphatic heterocycles. The van der Waals surface area contributed by atoms with E-state index in [9.17, 15) is 9.59 Å². The van der Waals surface area contributed by atoms with Crippen molar-refractivity contribution in [1.82, 2.24) is 14.9 Å². The highest BCUT2D eigenvalue weighted by molar-refractivity contribution is 5.68. The van der Waals surface area contributed by atoms with Crippen LogP contribution in [0.5, 0.6) is 0 Å². The fourth-order valence-corrected chi connectivity index (χ4v) is 2.38. The zero-order valence-electron chi connectivity index (χ0n) is 11.6. The SMILES string of the molecule is Cc1[nH]c(=O)nc2c1CN(C(=O)OCc1ccccc1)C2. The zero-order chi connectivity index (χ0) is 14.8. The van der Waals surface area contributed by atoms with E-state index >= 15 is 0 Å². The lowest BCUT2D eigenvalue weighted by Crippen LogP contribution is -2.26. The largest absolute Gasteiger partial charge is 0.445 e. The summed E-state index contributed by atoms with van der Waals surface area (Å²) in [5, 5.41) is 0. The summed E-state index contributed by atoms with van der Waals surface area (Å²) < 4.78 is 5.28. The Morgan fingerprint density at radius 2 is 2.10 bits per heavy atom. The quantitative estimate of drug-likeness (QED) is 0.911. The molecule has 108 valence electrons. The van der Waals surface area contributed by atoms with Gasteiger partial charge in [-0.1, -0.05) is 30.3 Å². The van der Waals surface area contributed by atoms with Crippen LogP contribution in [0.3, 0.4) is 0 Å². The van der Waals surface area contributed by atoms with Crippen LogP contribution >= 0.6 is 0 Å². The van der Waals surface area contributed by atoms with Gasteiger partial charge in [0.25, 0.3) is 0 Å². The van der Waals surface area contributed by atoms with E-state index in [1.165, 1.54) is 0 Å². The van der Waals surface area contributed by atoms with Crippen LogP contribution in [0.2, 0.25) is 0 Å². The van der Waals surface area contributed by atoms with Crippen LogP contribution in [0.4, 0.5) is 4.79 Å². The molecule has 0 bridgehead atoms. The number of amides is 1. The minimum atomic E-state index is -0.399. The summed E-state index contributed by atoms with van der Waals surface area (Å²) in [6.45, 7) is 2.77. The van der Waals surface area contributed by atoms with E-state index in [2.05, 4.69) is 9.97 Å². The zero-order valence-corrected chi connectivity index (χ0v) is 11.6. The number of rotatable bonds is 2. The van der Waals surface area contributed by atoms with Crippen LogP contribution in [-0.2, 0) is 24.4 Å². The Labute approximate surface area is 121 Å². The van der Waals surface area contributed by atoms with Crippen molar-refractivity contribution >= 4 is 6.09 Å². The molecule has 0 saturated heterocycles. The summed E-state index contributed by atoms with van der Waals surface area (Å²) in [6, 6.07) is 9.50. The fourth-order valence-electron chi connectivity index (χ4n) is 2.38. The number of nitrogens with one attached hydrogen (secondary N) is 1. The Balaban J connectivity index is 1.66. The van der Waals surface area contributed by atoms with Gasteiger partial charge in [-0.25, -0.2) is 9.59 Å². The monoisotopic (exact) mass is 285 g/mol. The van der Waals surface area contributed by atoms with Crippen LogP contribution in [0.25, 0.3) is 0 Å². The van der Waals surface area contributed by atoms with Gasteiger partial charge in [-0.15, -0.1) is 0 Å². The molecule has 0 fully saturated rings. The van der Waals surface area contributed by atoms with Gasteiger partial charge in [-0.05, 0) is 12.5 Å². The van der Waals surface area contributed by atoms with E-state index in [-0.39, 0.29) is 12.3 Å². The van der Waals surface area contributed by atoms with Gasteiger partial charge < -0.3 is 9.72 Å². The molecule has 6 heteroatoms. The number of aryl methyl sites for hydroxylation is 1. The first-order valence-corrected chi connectivity index (χ1v) is 6.68. The van der Waals surface area contributed by atoms with E-state index in [0.29, 0.717) is 18.8 Å². The van der Waals surface area contributed by atoms with Crippen molar-refractivity contribution in [2.24, 2.45) is 0 Å². The number of hydrogen-bond acceptors (Lipinski definition) is 4. The second kappa shape index (κ2) is 5.40. The number of aromatic amines is 1. The molecule has 6 nitrogen and oxygen atoms in total. The molecule has 1 aromatic heterocycles. The Bertz CT molecular complexity index is 725. The molecule has 0 spiro atoms. The van der Waals surface area contributed by atoms with Crippen LogP contribution in [0.1, 0.15) is 22.5 Å². The molecule has 0 atom stereocenters. The molecule has 1 aliphatic rings. The van der Waals surface area contributed by atoms with Crippen molar-refractivity contribution in [3.05, 3.63) is 63.3 Å². The number of hydrogen-bond donors (Lipinski definition) is 1. The van der Waals surface area contributed by atoms with Gasteiger partial charge in [-0.3, -0.25) is 4.90 Å². The van der Waals surface area contributed by atoms with E-state index in [0.717, 1.165) is 16.8 Å². The summed E-state index contributed by atoms with van der Waals surface area (Å²) >= 11 is 0. The smallest absolute Gasteiger partial charge is 0.410 e. The molecule has 2 aromatic rings. The standard InChI is InChI=1S/C15H15N3O3/c1-10-12-7-18(8-13(12)17-14(19)16-10)15(20)21-9-11-5-3-2-4-6-11/h2-6H,7-9H2,1H3,(H,16,17,19). The number of carbonyl (C=O) groups is 1. The molecular formula is C15H15N3O3. The molecule has 0 radical (unpaired) electrons. The minimum absolute atomic E-state index is 0.234. The lowest BCUT2D eigenvalue weighted by Gasteiger charge is -2.15. The van der Waals surface area contributed by atoms with Crippen molar-refractivity contribution in [2.45, 2.75) is 26.6 Å². The Hall–Kier alpha value is -2.63. The Morgan fingerprint density at radius 3 is 2.86 bits per heavy atom.